The van der Waals surface area contributed by atoms with Crippen LogP contribution < -0.4 is 0 Å². The normalized spacial score (nSPS) is 9.80. The highest BCUT2D eigenvalue weighted by Crippen LogP contribution is 2.17. The molecule has 20 heavy (non-hydrogen) atoms. The molecule has 0 radical (unpaired) electrons. The molecule has 0 aliphatic rings. The summed E-state index contributed by atoms with van der Waals surface area (Å²) in [5.41, 5.74) is 19.8. The van der Waals surface area contributed by atoms with E-state index in [1.807, 2.05) is 36.4 Å². The van der Waals surface area contributed by atoms with Crippen molar-refractivity contribution in [1.29, 1.82) is 0 Å². The van der Waals surface area contributed by atoms with E-state index in [9.17, 15) is 0 Å². The predicted octanol–water partition coefficient (Wildman–Crippen LogP) is 5.74. The SMILES string of the molecule is [N-]=[N+]=Nc1ccc(C=Cc2ccc(N=[N+]=[N-])cc2)cc1. The molecule has 96 valence electrons. The smallest absolute Gasteiger partial charge is 0.0375 e. The number of hydrogen-bond acceptors (Lipinski definition) is 2. The summed E-state index contributed by atoms with van der Waals surface area (Å²) in [6, 6.07) is 14.5. The van der Waals surface area contributed by atoms with Crippen molar-refractivity contribution in [3.63, 3.8) is 0 Å². The second kappa shape index (κ2) is 6.66. The van der Waals surface area contributed by atoms with E-state index >= 15 is 0 Å². The minimum Gasteiger partial charge on any atom is -0.0608 e. The van der Waals surface area contributed by atoms with E-state index in [2.05, 4.69) is 20.1 Å². The molecule has 0 atom stereocenters. The zero-order chi connectivity index (χ0) is 14.2. The quantitative estimate of drug-likeness (QED) is 0.290. The van der Waals surface area contributed by atoms with Gasteiger partial charge in [0, 0.05) is 21.2 Å². The molecule has 6 nitrogen and oxygen atoms in total. The number of benzene rings is 2. The molecule has 0 saturated carbocycles. The fraction of sp³-hybridized carbons (Fsp3) is 0. The highest BCUT2D eigenvalue weighted by molar-refractivity contribution is 5.70. The Kier molecular flexibility index (Phi) is 4.41. The monoisotopic (exact) mass is 262 g/mol. The van der Waals surface area contributed by atoms with Gasteiger partial charge in [0.15, 0.2) is 0 Å². The van der Waals surface area contributed by atoms with Crippen molar-refractivity contribution in [2.75, 3.05) is 0 Å². The fourth-order valence-corrected chi connectivity index (χ4v) is 1.60. The van der Waals surface area contributed by atoms with Crippen molar-refractivity contribution >= 4 is 23.5 Å². The number of azide groups is 2. The standard InChI is InChI=1S/C14H10N6/c15-19-17-13-7-3-11(4-8-13)1-2-12-5-9-14(10-6-12)18-20-16/h1-10H. The second-order valence-electron chi connectivity index (χ2n) is 3.90. The summed E-state index contributed by atoms with van der Waals surface area (Å²) < 4.78 is 0. The predicted molar refractivity (Wildman–Crippen MR) is 79.4 cm³/mol. The summed E-state index contributed by atoms with van der Waals surface area (Å²) in [6.45, 7) is 0. The molecule has 0 saturated heterocycles. The Balaban J connectivity index is 2.12. The lowest BCUT2D eigenvalue weighted by molar-refractivity contribution is 1.47. The summed E-state index contributed by atoms with van der Waals surface area (Å²) in [5, 5.41) is 7.02. The molecule has 0 amide bonds. The van der Waals surface area contributed by atoms with E-state index in [0.29, 0.717) is 11.4 Å². The summed E-state index contributed by atoms with van der Waals surface area (Å²) >= 11 is 0. The third-order valence-electron chi connectivity index (χ3n) is 2.57. The van der Waals surface area contributed by atoms with Gasteiger partial charge in [-0.15, -0.1) is 0 Å². The number of rotatable bonds is 4. The molecule has 0 fully saturated rings. The molecular formula is C14H10N6. The largest absolute Gasteiger partial charge is 0.0608 e. The zero-order valence-electron chi connectivity index (χ0n) is 10.5. The van der Waals surface area contributed by atoms with Crippen molar-refractivity contribution in [2.24, 2.45) is 10.2 Å². The van der Waals surface area contributed by atoms with Gasteiger partial charge in [-0.25, -0.2) is 0 Å². The lowest BCUT2D eigenvalue weighted by Gasteiger charge is -1.96. The fourth-order valence-electron chi connectivity index (χ4n) is 1.60. The first kappa shape index (κ1) is 13.2. The molecule has 0 aliphatic heterocycles. The Bertz CT molecular complexity index is 639. The van der Waals surface area contributed by atoms with Crippen LogP contribution in [0.5, 0.6) is 0 Å². The Hall–Kier alpha value is -3.20. The molecule has 0 N–H and O–H groups in total. The second-order valence-corrected chi connectivity index (χ2v) is 3.90. The number of hydrogen-bond donors (Lipinski definition) is 0. The maximum atomic E-state index is 8.32. The molecule has 0 unspecified atom stereocenters. The molecule has 0 bridgehead atoms. The van der Waals surface area contributed by atoms with E-state index in [0.717, 1.165) is 11.1 Å². The third-order valence-corrected chi connectivity index (χ3v) is 2.57. The lowest BCUT2D eigenvalue weighted by atomic mass is 10.1. The average Bonchev–Trinajstić information content (AvgIpc) is 2.49. The lowest BCUT2D eigenvalue weighted by Crippen LogP contribution is -1.72. The maximum Gasteiger partial charge on any atom is 0.0375 e. The average molecular weight is 262 g/mol. The van der Waals surface area contributed by atoms with Crippen LogP contribution in [0.25, 0.3) is 33.0 Å². The van der Waals surface area contributed by atoms with Crippen molar-refractivity contribution < 1.29 is 0 Å². The van der Waals surface area contributed by atoms with Gasteiger partial charge in [0.1, 0.15) is 0 Å². The molecule has 2 rings (SSSR count). The van der Waals surface area contributed by atoms with Crippen molar-refractivity contribution in [3.05, 3.63) is 80.5 Å². The van der Waals surface area contributed by atoms with Crippen molar-refractivity contribution in [2.45, 2.75) is 0 Å². The van der Waals surface area contributed by atoms with Crippen LogP contribution in [0.1, 0.15) is 11.1 Å². The van der Waals surface area contributed by atoms with E-state index in [1.54, 1.807) is 24.3 Å². The number of nitrogens with zero attached hydrogens (tertiary/aromatic N) is 6. The highest BCUT2D eigenvalue weighted by Gasteiger charge is 1.91. The third kappa shape index (κ3) is 3.65. The first-order valence-electron chi connectivity index (χ1n) is 5.80. The molecule has 0 aromatic heterocycles. The van der Waals surface area contributed by atoms with Gasteiger partial charge in [0.05, 0.1) is 0 Å². The first-order chi connectivity index (χ1) is 9.81. The van der Waals surface area contributed by atoms with Gasteiger partial charge in [-0.2, -0.15) is 0 Å². The minimum absolute atomic E-state index is 0.586. The van der Waals surface area contributed by atoms with Gasteiger partial charge < -0.3 is 0 Å². The van der Waals surface area contributed by atoms with Gasteiger partial charge in [-0.05, 0) is 22.2 Å². The van der Waals surface area contributed by atoms with Crippen LogP contribution in [0.3, 0.4) is 0 Å². The van der Waals surface area contributed by atoms with Gasteiger partial charge in [-0.3, -0.25) is 0 Å². The molecule has 0 heterocycles. The van der Waals surface area contributed by atoms with E-state index in [1.165, 1.54) is 0 Å². The summed E-state index contributed by atoms with van der Waals surface area (Å²) in [5.74, 6) is 0. The molecule has 6 heteroatoms. The zero-order valence-corrected chi connectivity index (χ0v) is 10.5. The maximum absolute atomic E-state index is 8.32. The van der Waals surface area contributed by atoms with Crippen LogP contribution in [-0.4, -0.2) is 0 Å². The summed E-state index contributed by atoms with van der Waals surface area (Å²) in [4.78, 5) is 5.45. The van der Waals surface area contributed by atoms with Crippen LogP contribution >= 0.6 is 0 Å². The Morgan fingerprint density at radius 2 is 1.00 bits per heavy atom. The molecular weight excluding hydrogens is 252 g/mol. The van der Waals surface area contributed by atoms with Gasteiger partial charge in [-0.1, -0.05) is 70.9 Å². The first-order valence-corrected chi connectivity index (χ1v) is 5.80. The van der Waals surface area contributed by atoms with Gasteiger partial charge in [0.2, 0.25) is 0 Å². The van der Waals surface area contributed by atoms with Crippen LogP contribution in [0.2, 0.25) is 0 Å². The minimum atomic E-state index is 0.586. The molecule has 0 spiro atoms. The summed E-state index contributed by atoms with van der Waals surface area (Å²) in [7, 11) is 0. The van der Waals surface area contributed by atoms with Crippen molar-refractivity contribution in [1.82, 2.24) is 0 Å². The summed E-state index contributed by atoms with van der Waals surface area (Å²) in [6.07, 6.45) is 3.89. The van der Waals surface area contributed by atoms with Crippen LogP contribution in [-0.2, 0) is 0 Å². The molecule has 2 aromatic carbocycles. The Labute approximate surface area is 115 Å². The van der Waals surface area contributed by atoms with E-state index in [4.69, 9.17) is 11.1 Å². The Morgan fingerprint density at radius 3 is 1.30 bits per heavy atom. The van der Waals surface area contributed by atoms with Crippen LogP contribution in [0.4, 0.5) is 11.4 Å². The molecule has 2 aromatic rings. The molecule has 0 aliphatic carbocycles. The Morgan fingerprint density at radius 1 is 0.650 bits per heavy atom. The van der Waals surface area contributed by atoms with Crippen LogP contribution in [0, 0.1) is 0 Å². The van der Waals surface area contributed by atoms with Gasteiger partial charge in [0.25, 0.3) is 0 Å². The van der Waals surface area contributed by atoms with Crippen LogP contribution in [0.15, 0.2) is 58.8 Å². The topological polar surface area (TPSA) is 97.5 Å². The van der Waals surface area contributed by atoms with Crippen molar-refractivity contribution in [3.8, 4) is 0 Å². The van der Waals surface area contributed by atoms with E-state index in [-0.39, 0.29) is 0 Å². The van der Waals surface area contributed by atoms with E-state index < -0.39 is 0 Å². The highest BCUT2D eigenvalue weighted by atomic mass is 15.1. The van der Waals surface area contributed by atoms with Gasteiger partial charge >= 0.3 is 0 Å².